The second-order valence-electron chi connectivity index (χ2n) is 5.67. The summed E-state index contributed by atoms with van der Waals surface area (Å²) >= 11 is 0. The van der Waals surface area contributed by atoms with E-state index in [-0.39, 0.29) is 0 Å². The Labute approximate surface area is 110 Å². The molecule has 0 radical (unpaired) electrons. The topological polar surface area (TPSA) is 16.1 Å². The minimum absolute atomic E-state index is 0.397. The lowest BCUT2D eigenvalue weighted by molar-refractivity contribution is 0.527. The van der Waals surface area contributed by atoms with Crippen LogP contribution in [0.2, 0.25) is 0 Å². The van der Waals surface area contributed by atoms with Crippen molar-refractivity contribution >= 4 is 5.82 Å². The maximum atomic E-state index is 13.2. The van der Waals surface area contributed by atoms with Gasteiger partial charge in [-0.2, -0.15) is 4.39 Å². The summed E-state index contributed by atoms with van der Waals surface area (Å²) in [6.07, 6.45) is 2.21. The second kappa shape index (κ2) is 7.34. The number of rotatable bonds is 7. The highest BCUT2D eigenvalue weighted by molar-refractivity contribution is 5.37. The molecule has 1 heterocycles. The largest absolute Gasteiger partial charge is 0.357 e. The first-order valence-electron chi connectivity index (χ1n) is 6.86. The maximum Gasteiger partial charge on any atom is 0.214 e. The number of halogens is 1. The minimum atomic E-state index is -0.397. The molecule has 3 heteroatoms. The van der Waals surface area contributed by atoms with Crippen LogP contribution >= 0.6 is 0 Å². The van der Waals surface area contributed by atoms with Gasteiger partial charge < -0.3 is 4.90 Å². The van der Waals surface area contributed by atoms with Gasteiger partial charge in [0.15, 0.2) is 0 Å². The summed E-state index contributed by atoms with van der Waals surface area (Å²) in [5, 5.41) is 0. The average Bonchev–Trinajstić information content (AvgIpc) is 2.28. The first-order chi connectivity index (χ1) is 8.49. The third-order valence-electron chi connectivity index (χ3n) is 2.98. The van der Waals surface area contributed by atoms with Gasteiger partial charge in [0.1, 0.15) is 5.82 Å². The molecule has 2 nitrogen and oxygen atoms in total. The Bertz CT molecular complexity index is 338. The Morgan fingerprint density at radius 2 is 1.61 bits per heavy atom. The Kier molecular flexibility index (Phi) is 6.10. The van der Waals surface area contributed by atoms with Gasteiger partial charge >= 0.3 is 0 Å². The molecular formula is C15H25FN2. The van der Waals surface area contributed by atoms with Crippen LogP contribution in [-0.2, 0) is 0 Å². The number of aromatic nitrogens is 1. The van der Waals surface area contributed by atoms with Gasteiger partial charge in [0.2, 0.25) is 5.95 Å². The van der Waals surface area contributed by atoms with Gasteiger partial charge in [0.05, 0.1) is 0 Å². The molecule has 0 unspecified atom stereocenters. The van der Waals surface area contributed by atoms with Crippen LogP contribution in [0.4, 0.5) is 10.2 Å². The Morgan fingerprint density at radius 1 is 1.06 bits per heavy atom. The Hall–Kier alpha value is -1.12. The fraction of sp³-hybridized carbons (Fsp3) is 0.667. The summed E-state index contributed by atoms with van der Waals surface area (Å²) in [5.74, 6) is 1.67. The molecule has 0 saturated heterocycles. The molecule has 0 N–H and O–H groups in total. The van der Waals surface area contributed by atoms with Crippen LogP contribution < -0.4 is 4.90 Å². The highest BCUT2D eigenvalue weighted by Gasteiger charge is 2.10. The van der Waals surface area contributed by atoms with Crippen molar-refractivity contribution in [2.24, 2.45) is 11.8 Å². The maximum absolute atomic E-state index is 13.2. The van der Waals surface area contributed by atoms with E-state index < -0.39 is 5.95 Å². The number of nitrogens with zero attached hydrogens (tertiary/aromatic N) is 2. The summed E-state index contributed by atoms with van der Waals surface area (Å²) in [4.78, 5) is 6.19. The van der Waals surface area contributed by atoms with Gasteiger partial charge in [-0.15, -0.1) is 0 Å². The van der Waals surface area contributed by atoms with E-state index >= 15 is 0 Å². The van der Waals surface area contributed by atoms with Crippen molar-refractivity contribution in [3.05, 3.63) is 24.1 Å². The van der Waals surface area contributed by atoms with Crippen LogP contribution in [-0.4, -0.2) is 18.1 Å². The van der Waals surface area contributed by atoms with Gasteiger partial charge in [0.25, 0.3) is 0 Å². The zero-order chi connectivity index (χ0) is 13.5. The summed E-state index contributed by atoms with van der Waals surface area (Å²) in [7, 11) is 0. The summed E-state index contributed by atoms with van der Waals surface area (Å²) in [5.41, 5.74) is 0. The fourth-order valence-corrected chi connectivity index (χ4v) is 1.74. The van der Waals surface area contributed by atoms with E-state index in [2.05, 4.69) is 37.6 Å². The zero-order valence-electron chi connectivity index (χ0n) is 12.0. The smallest absolute Gasteiger partial charge is 0.214 e. The third-order valence-corrected chi connectivity index (χ3v) is 2.98. The molecule has 0 bridgehead atoms. The molecule has 0 fully saturated rings. The molecule has 18 heavy (non-hydrogen) atoms. The lowest BCUT2D eigenvalue weighted by Crippen LogP contribution is -2.28. The fourth-order valence-electron chi connectivity index (χ4n) is 1.74. The van der Waals surface area contributed by atoms with E-state index in [0.29, 0.717) is 11.8 Å². The van der Waals surface area contributed by atoms with Gasteiger partial charge in [-0.3, -0.25) is 0 Å². The van der Waals surface area contributed by atoms with Gasteiger partial charge in [-0.25, -0.2) is 4.98 Å². The van der Waals surface area contributed by atoms with E-state index in [1.165, 1.54) is 6.07 Å². The van der Waals surface area contributed by atoms with Crippen molar-refractivity contribution in [1.29, 1.82) is 0 Å². The normalized spacial score (nSPS) is 11.3. The monoisotopic (exact) mass is 252 g/mol. The molecule has 0 atom stereocenters. The van der Waals surface area contributed by atoms with Crippen LogP contribution in [0.1, 0.15) is 40.5 Å². The third kappa shape index (κ3) is 5.48. The van der Waals surface area contributed by atoms with Crippen LogP contribution in [0, 0.1) is 17.8 Å². The highest BCUT2D eigenvalue weighted by atomic mass is 19.1. The van der Waals surface area contributed by atoms with Crippen molar-refractivity contribution < 1.29 is 4.39 Å². The Balaban J connectivity index is 2.69. The lowest BCUT2D eigenvalue weighted by Gasteiger charge is -2.25. The van der Waals surface area contributed by atoms with Crippen LogP contribution in [0.5, 0.6) is 0 Å². The standard InChI is InChI=1S/C15H25FN2/c1-12(2)8-10-18(11-9-13(3)4)15-7-5-6-14(16)17-15/h5-7,12-13H,8-11H2,1-4H3. The SMILES string of the molecule is CC(C)CCN(CCC(C)C)c1cccc(F)n1. The molecule has 0 spiro atoms. The van der Waals surface area contributed by atoms with E-state index in [1.54, 1.807) is 6.07 Å². The molecular weight excluding hydrogens is 227 g/mol. The quantitative estimate of drug-likeness (QED) is 0.679. The van der Waals surface area contributed by atoms with E-state index in [1.807, 2.05) is 6.07 Å². The van der Waals surface area contributed by atoms with Crippen LogP contribution in [0.15, 0.2) is 18.2 Å². The van der Waals surface area contributed by atoms with Crippen LogP contribution in [0.3, 0.4) is 0 Å². The molecule has 0 aliphatic rings. The minimum Gasteiger partial charge on any atom is -0.357 e. The second-order valence-corrected chi connectivity index (χ2v) is 5.67. The van der Waals surface area contributed by atoms with Crippen molar-refractivity contribution in [2.75, 3.05) is 18.0 Å². The predicted molar refractivity (Wildman–Crippen MR) is 75.3 cm³/mol. The van der Waals surface area contributed by atoms with Crippen molar-refractivity contribution in [2.45, 2.75) is 40.5 Å². The van der Waals surface area contributed by atoms with Gasteiger partial charge in [-0.1, -0.05) is 33.8 Å². The number of hydrogen-bond acceptors (Lipinski definition) is 2. The molecule has 102 valence electrons. The summed E-state index contributed by atoms with van der Waals surface area (Å²) in [6.45, 7) is 10.7. The number of hydrogen-bond donors (Lipinski definition) is 0. The molecule has 1 rings (SSSR count). The number of pyridine rings is 1. The zero-order valence-corrected chi connectivity index (χ0v) is 12.0. The molecule has 0 aliphatic heterocycles. The van der Waals surface area contributed by atoms with Crippen molar-refractivity contribution in [3.8, 4) is 0 Å². The van der Waals surface area contributed by atoms with E-state index in [0.717, 1.165) is 31.7 Å². The van der Waals surface area contributed by atoms with Crippen LogP contribution in [0.25, 0.3) is 0 Å². The summed E-state index contributed by atoms with van der Waals surface area (Å²) in [6, 6.07) is 5.02. The molecule has 0 aromatic carbocycles. The van der Waals surface area contributed by atoms with Crippen molar-refractivity contribution in [1.82, 2.24) is 4.98 Å². The van der Waals surface area contributed by atoms with Gasteiger partial charge in [-0.05, 0) is 36.8 Å². The van der Waals surface area contributed by atoms with Gasteiger partial charge in [0, 0.05) is 13.1 Å². The average molecular weight is 252 g/mol. The van der Waals surface area contributed by atoms with E-state index in [9.17, 15) is 4.39 Å². The molecule has 0 saturated carbocycles. The number of anilines is 1. The van der Waals surface area contributed by atoms with E-state index in [4.69, 9.17) is 0 Å². The molecule has 0 amide bonds. The molecule has 0 aliphatic carbocycles. The Morgan fingerprint density at radius 3 is 2.06 bits per heavy atom. The summed E-state index contributed by atoms with van der Waals surface area (Å²) < 4.78 is 13.2. The first-order valence-corrected chi connectivity index (χ1v) is 6.86. The van der Waals surface area contributed by atoms with Crippen molar-refractivity contribution in [3.63, 3.8) is 0 Å². The first kappa shape index (κ1) is 14.9. The lowest BCUT2D eigenvalue weighted by atomic mass is 10.1. The highest BCUT2D eigenvalue weighted by Crippen LogP contribution is 2.15. The predicted octanol–water partition coefficient (Wildman–Crippen LogP) is 4.12. The molecule has 1 aromatic rings. The molecule has 1 aromatic heterocycles.